The lowest BCUT2D eigenvalue weighted by Gasteiger charge is -2.08. The second kappa shape index (κ2) is 5.37. The van der Waals surface area contributed by atoms with E-state index in [1.807, 2.05) is 0 Å². The van der Waals surface area contributed by atoms with Gasteiger partial charge in [-0.3, -0.25) is 4.79 Å². The van der Waals surface area contributed by atoms with Gasteiger partial charge >= 0.3 is 0 Å². The number of carbonyl (C=O) groups excluding carboxylic acids is 1. The molecule has 0 unspecified atom stereocenters. The Morgan fingerprint density at radius 3 is 2.70 bits per heavy atom. The third-order valence-corrected chi connectivity index (χ3v) is 5.34. The summed E-state index contributed by atoms with van der Waals surface area (Å²) in [5, 5.41) is 0. The third kappa shape index (κ3) is 2.33. The maximum absolute atomic E-state index is 14.0. The van der Waals surface area contributed by atoms with Gasteiger partial charge in [0.1, 0.15) is 5.82 Å². The molecule has 0 saturated heterocycles. The third-order valence-electron chi connectivity index (χ3n) is 3.49. The summed E-state index contributed by atoms with van der Waals surface area (Å²) in [7, 11) is 0. The van der Waals surface area contributed by atoms with Gasteiger partial charge in [0, 0.05) is 4.88 Å². The highest BCUT2D eigenvalue weighted by Gasteiger charge is 2.24. The first kappa shape index (κ1) is 13.9. The first-order valence-electron chi connectivity index (χ1n) is 6.37. The fraction of sp³-hybridized carbons (Fsp3) is 0.267. The van der Waals surface area contributed by atoms with E-state index in [2.05, 4.69) is 15.9 Å². The molecule has 1 nitrogen and oxygen atoms in total. The summed E-state index contributed by atoms with van der Waals surface area (Å²) in [5.74, 6) is -2.22. The lowest BCUT2D eigenvalue weighted by molar-refractivity contribution is 0.103. The van der Waals surface area contributed by atoms with Gasteiger partial charge in [0.15, 0.2) is 5.82 Å². The maximum Gasteiger partial charge on any atom is 0.208 e. The van der Waals surface area contributed by atoms with E-state index in [0.717, 1.165) is 37.3 Å². The van der Waals surface area contributed by atoms with E-state index in [-0.39, 0.29) is 4.47 Å². The van der Waals surface area contributed by atoms with E-state index in [1.54, 1.807) is 6.07 Å². The second-order valence-corrected chi connectivity index (χ2v) is 6.80. The Hall–Kier alpha value is -1.07. The zero-order chi connectivity index (χ0) is 14.3. The van der Waals surface area contributed by atoms with Gasteiger partial charge in [-0.1, -0.05) is 0 Å². The Morgan fingerprint density at radius 2 is 1.95 bits per heavy atom. The summed E-state index contributed by atoms with van der Waals surface area (Å²) in [6.07, 6.45) is 4.12. The van der Waals surface area contributed by atoms with Gasteiger partial charge in [-0.15, -0.1) is 11.3 Å². The van der Waals surface area contributed by atoms with Crippen LogP contribution in [0.4, 0.5) is 8.78 Å². The van der Waals surface area contributed by atoms with Crippen molar-refractivity contribution in [2.24, 2.45) is 0 Å². The number of ketones is 1. The van der Waals surface area contributed by atoms with Crippen molar-refractivity contribution < 1.29 is 13.6 Å². The van der Waals surface area contributed by atoms with E-state index in [9.17, 15) is 13.6 Å². The number of fused-ring (bicyclic) bond motifs is 1. The van der Waals surface area contributed by atoms with E-state index in [1.165, 1.54) is 22.3 Å². The first-order valence-corrected chi connectivity index (χ1v) is 7.98. The molecule has 2 aromatic rings. The highest BCUT2D eigenvalue weighted by atomic mass is 79.9. The molecule has 3 rings (SSSR count). The average molecular weight is 357 g/mol. The molecule has 0 atom stereocenters. The van der Waals surface area contributed by atoms with E-state index < -0.39 is 23.0 Å². The van der Waals surface area contributed by atoms with Crippen molar-refractivity contribution in [1.29, 1.82) is 0 Å². The Bertz CT molecular complexity index is 670. The van der Waals surface area contributed by atoms with Crippen molar-refractivity contribution in [3.05, 3.63) is 55.2 Å². The normalized spacial score (nSPS) is 14.2. The van der Waals surface area contributed by atoms with Gasteiger partial charge in [-0.2, -0.15) is 0 Å². The van der Waals surface area contributed by atoms with Crippen LogP contribution >= 0.6 is 27.3 Å². The maximum atomic E-state index is 14.0. The smallest absolute Gasteiger partial charge is 0.208 e. The van der Waals surface area contributed by atoms with E-state index in [4.69, 9.17) is 0 Å². The molecule has 0 saturated carbocycles. The molecule has 0 N–H and O–H groups in total. The van der Waals surface area contributed by atoms with Crippen LogP contribution < -0.4 is 0 Å². The van der Waals surface area contributed by atoms with Crippen molar-refractivity contribution in [1.82, 2.24) is 0 Å². The molecular weight excluding hydrogens is 346 g/mol. The van der Waals surface area contributed by atoms with Gasteiger partial charge in [0.05, 0.1) is 14.9 Å². The van der Waals surface area contributed by atoms with Gasteiger partial charge in [-0.25, -0.2) is 8.78 Å². The molecule has 1 aromatic carbocycles. The summed E-state index contributed by atoms with van der Waals surface area (Å²) in [4.78, 5) is 14.0. The van der Waals surface area contributed by atoms with Crippen LogP contribution in [0.2, 0.25) is 0 Å². The van der Waals surface area contributed by atoms with E-state index in [0.29, 0.717) is 4.88 Å². The van der Waals surface area contributed by atoms with Crippen molar-refractivity contribution in [2.45, 2.75) is 25.7 Å². The lowest BCUT2D eigenvalue weighted by atomic mass is 9.98. The Kier molecular flexibility index (Phi) is 3.73. The monoisotopic (exact) mass is 356 g/mol. The summed E-state index contributed by atoms with van der Waals surface area (Å²) in [6.45, 7) is 0. The molecule has 20 heavy (non-hydrogen) atoms. The number of thiophene rings is 1. The van der Waals surface area contributed by atoms with Crippen LogP contribution in [0.1, 0.15) is 38.5 Å². The molecule has 5 heteroatoms. The van der Waals surface area contributed by atoms with Crippen molar-refractivity contribution in [3.63, 3.8) is 0 Å². The Labute approximate surface area is 127 Å². The minimum absolute atomic E-state index is 0.101. The van der Waals surface area contributed by atoms with Gasteiger partial charge in [-0.05, 0) is 65.4 Å². The number of benzene rings is 1. The molecule has 0 fully saturated rings. The summed E-state index contributed by atoms with van der Waals surface area (Å²) >= 11 is 4.35. The number of aryl methyl sites for hydroxylation is 2. The SMILES string of the molecule is O=C(c1cc2c(s1)CCCC2)c1c(F)ccc(Br)c1F. The van der Waals surface area contributed by atoms with Crippen LogP contribution in [0.5, 0.6) is 0 Å². The number of carbonyl (C=O) groups is 1. The highest BCUT2D eigenvalue weighted by Crippen LogP contribution is 2.32. The van der Waals surface area contributed by atoms with Crippen LogP contribution in [0.25, 0.3) is 0 Å². The highest BCUT2D eigenvalue weighted by molar-refractivity contribution is 9.10. The summed E-state index contributed by atoms with van der Waals surface area (Å²) in [6, 6.07) is 4.16. The number of hydrogen-bond donors (Lipinski definition) is 0. The van der Waals surface area contributed by atoms with Gasteiger partial charge < -0.3 is 0 Å². The first-order chi connectivity index (χ1) is 9.58. The van der Waals surface area contributed by atoms with Crippen LogP contribution in [-0.2, 0) is 12.8 Å². The molecule has 1 aromatic heterocycles. The van der Waals surface area contributed by atoms with E-state index >= 15 is 0 Å². The number of hydrogen-bond acceptors (Lipinski definition) is 2. The van der Waals surface area contributed by atoms with Gasteiger partial charge in [0.2, 0.25) is 5.78 Å². The predicted octanol–water partition coefficient (Wildman–Crippen LogP) is 4.90. The van der Waals surface area contributed by atoms with Crippen LogP contribution in [0.15, 0.2) is 22.7 Å². The number of rotatable bonds is 2. The molecule has 104 valence electrons. The zero-order valence-corrected chi connectivity index (χ0v) is 12.9. The molecule has 1 aliphatic carbocycles. The minimum Gasteiger partial charge on any atom is -0.287 e. The fourth-order valence-electron chi connectivity index (χ4n) is 2.46. The zero-order valence-electron chi connectivity index (χ0n) is 10.5. The molecule has 0 amide bonds. The van der Waals surface area contributed by atoms with Crippen molar-refractivity contribution in [2.75, 3.05) is 0 Å². The molecule has 0 aliphatic heterocycles. The average Bonchev–Trinajstić information content (AvgIpc) is 2.87. The van der Waals surface area contributed by atoms with Crippen molar-refractivity contribution in [3.8, 4) is 0 Å². The number of halogens is 3. The predicted molar refractivity (Wildman–Crippen MR) is 78.5 cm³/mol. The van der Waals surface area contributed by atoms with Crippen molar-refractivity contribution >= 4 is 33.0 Å². The Morgan fingerprint density at radius 1 is 1.20 bits per heavy atom. The molecule has 1 aliphatic rings. The van der Waals surface area contributed by atoms with Crippen LogP contribution in [-0.4, -0.2) is 5.78 Å². The molecule has 0 spiro atoms. The van der Waals surface area contributed by atoms with Crippen LogP contribution in [0.3, 0.4) is 0 Å². The van der Waals surface area contributed by atoms with Gasteiger partial charge in [0.25, 0.3) is 0 Å². The lowest BCUT2D eigenvalue weighted by Crippen LogP contribution is -2.06. The summed E-state index contributed by atoms with van der Waals surface area (Å²) in [5.41, 5.74) is 0.679. The standard InChI is InChI=1S/C15H11BrF2OS/c16-9-5-6-10(17)13(14(9)18)15(19)12-7-8-3-1-2-4-11(8)20-12/h5-7H,1-4H2. The molecule has 1 heterocycles. The quantitative estimate of drug-likeness (QED) is 0.552. The minimum atomic E-state index is -0.832. The Balaban J connectivity index is 2.05. The molecular formula is C15H11BrF2OS. The molecule has 0 radical (unpaired) electrons. The topological polar surface area (TPSA) is 17.1 Å². The largest absolute Gasteiger partial charge is 0.287 e. The summed E-state index contributed by atoms with van der Waals surface area (Å²) < 4.78 is 27.9. The fourth-order valence-corrected chi connectivity index (χ4v) is 3.99. The molecule has 0 bridgehead atoms. The second-order valence-electron chi connectivity index (χ2n) is 4.81. The van der Waals surface area contributed by atoms with Crippen LogP contribution in [0, 0.1) is 11.6 Å².